The van der Waals surface area contributed by atoms with Crippen LogP contribution in [0.2, 0.25) is 0 Å². The van der Waals surface area contributed by atoms with Gasteiger partial charge in [-0.15, -0.1) is 0 Å². The summed E-state index contributed by atoms with van der Waals surface area (Å²) in [6.07, 6.45) is -1.57. The molecule has 2 heterocycles. The van der Waals surface area contributed by atoms with E-state index in [1.54, 1.807) is 60.0 Å². The van der Waals surface area contributed by atoms with Crippen LogP contribution in [0.15, 0.2) is 65.7 Å². The average molecular weight is 523 g/mol. The maximum absolute atomic E-state index is 13.1. The lowest BCUT2D eigenvalue weighted by molar-refractivity contribution is -0.148. The van der Waals surface area contributed by atoms with E-state index in [0.717, 1.165) is 0 Å². The zero-order valence-electron chi connectivity index (χ0n) is 19.5. The number of anilines is 4. The Balaban J connectivity index is 1.32. The molecule has 1 aliphatic heterocycles. The molecular formula is C24H26F4N6OS. The topological polar surface area (TPSA) is 73.4 Å². The van der Waals surface area contributed by atoms with E-state index >= 15 is 0 Å². The van der Waals surface area contributed by atoms with E-state index < -0.39 is 23.7 Å². The number of halogens is 4. The molecule has 1 fully saturated rings. The molecule has 192 valence electrons. The van der Waals surface area contributed by atoms with E-state index in [1.807, 2.05) is 0 Å². The number of nitrogens with one attached hydrogen (secondary N) is 2. The quantitative estimate of drug-likeness (QED) is 0.402. The molecule has 1 atom stereocenters. The van der Waals surface area contributed by atoms with Crippen LogP contribution in [0.25, 0.3) is 0 Å². The highest BCUT2D eigenvalue weighted by Gasteiger charge is 2.34. The third-order valence-corrected chi connectivity index (χ3v) is 7.32. The fraction of sp³-hybridized carbons (Fsp3) is 0.333. The number of piperidine rings is 1. The third-order valence-electron chi connectivity index (χ3n) is 5.82. The Labute approximate surface area is 209 Å². The third kappa shape index (κ3) is 7.21. The first-order valence-electron chi connectivity index (χ1n) is 11.3. The van der Waals surface area contributed by atoms with E-state index in [9.17, 15) is 21.8 Å². The number of aromatic nitrogens is 2. The van der Waals surface area contributed by atoms with Crippen LogP contribution in [0.5, 0.6) is 0 Å². The fourth-order valence-corrected chi connectivity index (χ4v) is 5.13. The highest BCUT2D eigenvalue weighted by Crippen LogP contribution is 2.25. The van der Waals surface area contributed by atoms with Gasteiger partial charge in [-0.05, 0) is 67.4 Å². The molecule has 0 bridgehead atoms. The molecule has 4 rings (SSSR count). The van der Waals surface area contributed by atoms with Crippen molar-refractivity contribution < 1.29 is 21.8 Å². The maximum atomic E-state index is 13.1. The van der Waals surface area contributed by atoms with Gasteiger partial charge in [-0.25, -0.2) is 17.9 Å². The van der Waals surface area contributed by atoms with Gasteiger partial charge in [-0.3, -0.25) is 4.90 Å². The van der Waals surface area contributed by atoms with E-state index in [-0.39, 0.29) is 11.9 Å². The van der Waals surface area contributed by atoms with Crippen LogP contribution in [0, 0.1) is 5.82 Å². The van der Waals surface area contributed by atoms with Crippen molar-refractivity contribution >= 4 is 34.1 Å². The van der Waals surface area contributed by atoms with Crippen LogP contribution in [0.3, 0.4) is 0 Å². The first kappa shape index (κ1) is 26.0. The number of benzene rings is 2. The summed E-state index contributed by atoms with van der Waals surface area (Å²) >= 11 is 0. The molecule has 0 aliphatic carbocycles. The number of likely N-dealkylation sites (tertiary alicyclic amines) is 1. The van der Waals surface area contributed by atoms with Crippen LogP contribution in [-0.2, 0) is 11.0 Å². The maximum Gasteiger partial charge on any atom is 0.401 e. The fourth-order valence-electron chi connectivity index (χ4n) is 3.95. The van der Waals surface area contributed by atoms with Crippen molar-refractivity contribution in [3.8, 4) is 0 Å². The second-order valence-corrected chi connectivity index (χ2v) is 10.0. The van der Waals surface area contributed by atoms with Gasteiger partial charge >= 0.3 is 6.18 Å². The van der Waals surface area contributed by atoms with Crippen molar-refractivity contribution in [2.24, 2.45) is 0 Å². The minimum Gasteiger partial charge on any atom is -0.340 e. The normalized spacial score (nSPS) is 16.2. The monoisotopic (exact) mass is 522 g/mol. The van der Waals surface area contributed by atoms with E-state index in [2.05, 4.69) is 20.6 Å². The Morgan fingerprint density at radius 1 is 1.00 bits per heavy atom. The number of hydrogen-bond acceptors (Lipinski definition) is 6. The minimum absolute atomic E-state index is 0.0575. The van der Waals surface area contributed by atoms with Crippen LogP contribution in [-0.4, -0.2) is 62.3 Å². The van der Waals surface area contributed by atoms with Crippen LogP contribution in [0.4, 0.5) is 40.7 Å². The van der Waals surface area contributed by atoms with Gasteiger partial charge in [-0.2, -0.15) is 18.2 Å². The highest BCUT2D eigenvalue weighted by atomic mass is 32.2. The lowest BCUT2D eigenvalue weighted by atomic mass is 10.1. The summed E-state index contributed by atoms with van der Waals surface area (Å²) < 4.78 is 65.7. The number of alkyl halides is 3. The lowest BCUT2D eigenvalue weighted by Gasteiger charge is -2.36. The zero-order chi connectivity index (χ0) is 25.7. The largest absolute Gasteiger partial charge is 0.401 e. The van der Waals surface area contributed by atoms with Crippen molar-refractivity contribution in [3.63, 3.8) is 0 Å². The Morgan fingerprint density at radius 2 is 1.61 bits per heavy atom. The predicted octanol–water partition coefficient (Wildman–Crippen LogP) is 5.08. The molecule has 1 aliphatic rings. The summed E-state index contributed by atoms with van der Waals surface area (Å²) in [5.74, 6) is 0.547. The zero-order valence-corrected chi connectivity index (χ0v) is 20.3. The Kier molecular flexibility index (Phi) is 8.17. The summed E-state index contributed by atoms with van der Waals surface area (Å²) in [5, 5.41) is 6.17. The standard InChI is InChI=1S/C24H26F4N6OS/c1-33(20-11-14-34(15-12-20)16-24(26,27)28)36(35)21-8-6-19(7-9-21)31-23-29-13-10-22(32-23)30-18-4-2-17(25)3-5-18/h2-10,13,20H,11-12,14-16H2,1H3,(H2,29,30,31,32). The van der Waals surface area contributed by atoms with Crippen LogP contribution < -0.4 is 10.6 Å². The molecule has 1 aromatic heterocycles. The van der Waals surface area contributed by atoms with E-state index in [4.69, 9.17) is 0 Å². The molecule has 0 amide bonds. The SMILES string of the molecule is CN(C1CCN(CC(F)(F)F)CC1)S(=O)c1ccc(Nc2nccc(Nc3ccc(F)cc3)n2)cc1. The molecule has 7 nitrogen and oxygen atoms in total. The lowest BCUT2D eigenvalue weighted by Crippen LogP contribution is -2.46. The number of nitrogens with zero attached hydrogens (tertiary/aromatic N) is 4. The summed E-state index contributed by atoms with van der Waals surface area (Å²) in [7, 11) is 0.294. The molecule has 1 unspecified atom stereocenters. The molecule has 0 radical (unpaired) electrons. The average Bonchev–Trinajstić information content (AvgIpc) is 2.85. The predicted molar refractivity (Wildman–Crippen MR) is 131 cm³/mol. The van der Waals surface area contributed by atoms with E-state index in [0.29, 0.717) is 54.0 Å². The molecule has 1 saturated heterocycles. The van der Waals surface area contributed by atoms with Gasteiger partial charge in [0.1, 0.15) is 22.6 Å². The van der Waals surface area contributed by atoms with Gasteiger partial charge in [0.25, 0.3) is 0 Å². The Bertz CT molecular complexity index is 1170. The second kappa shape index (κ2) is 11.3. The van der Waals surface area contributed by atoms with Gasteiger partial charge in [0, 0.05) is 43.8 Å². The molecule has 0 spiro atoms. The molecule has 36 heavy (non-hydrogen) atoms. The summed E-state index contributed by atoms with van der Waals surface area (Å²) in [5.41, 5.74) is 1.38. The minimum atomic E-state index is -4.21. The van der Waals surface area contributed by atoms with Crippen molar-refractivity contribution in [1.29, 1.82) is 0 Å². The Hall–Kier alpha value is -3.09. The summed E-state index contributed by atoms with van der Waals surface area (Å²) in [6, 6.07) is 14.5. The first-order chi connectivity index (χ1) is 17.2. The molecule has 2 aromatic carbocycles. The molecule has 12 heteroatoms. The Morgan fingerprint density at radius 3 is 2.25 bits per heavy atom. The summed E-state index contributed by atoms with van der Waals surface area (Å²) in [4.78, 5) is 10.6. The highest BCUT2D eigenvalue weighted by molar-refractivity contribution is 7.82. The van der Waals surface area contributed by atoms with Crippen molar-refractivity contribution in [3.05, 3.63) is 66.6 Å². The number of rotatable bonds is 8. The van der Waals surface area contributed by atoms with Crippen LogP contribution in [0.1, 0.15) is 12.8 Å². The molecular weight excluding hydrogens is 496 g/mol. The first-order valence-corrected chi connectivity index (χ1v) is 12.4. The van der Waals surface area contributed by atoms with Gasteiger partial charge in [-0.1, -0.05) is 0 Å². The number of hydrogen-bond donors (Lipinski definition) is 2. The van der Waals surface area contributed by atoms with Crippen molar-refractivity contribution in [2.45, 2.75) is 30.0 Å². The molecule has 2 N–H and O–H groups in total. The van der Waals surface area contributed by atoms with Gasteiger partial charge < -0.3 is 10.6 Å². The van der Waals surface area contributed by atoms with Gasteiger partial charge in [0.2, 0.25) is 5.95 Å². The van der Waals surface area contributed by atoms with Crippen LogP contribution >= 0.6 is 0 Å². The molecule has 0 saturated carbocycles. The van der Waals surface area contributed by atoms with Crippen molar-refractivity contribution in [1.82, 2.24) is 19.2 Å². The van der Waals surface area contributed by atoms with Gasteiger partial charge in [0.15, 0.2) is 0 Å². The smallest absolute Gasteiger partial charge is 0.340 e. The summed E-state index contributed by atoms with van der Waals surface area (Å²) in [6.45, 7) is -0.261. The van der Waals surface area contributed by atoms with Crippen molar-refractivity contribution in [2.75, 3.05) is 37.3 Å². The van der Waals surface area contributed by atoms with Gasteiger partial charge in [0.05, 0.1) is 11.4 Å². The molecule has 3 aromatic rings. The second-order valence-electron chi connectivity index (χ2n) is 8.46. The van der Waals surface area contributed by atoms with E-state index in [1.165, 1.54) is 17.0 Å².